The fourth-order valence-electron chi connectivity index (χ4n) is 3.71. The van der Waals surface area contributed by atoms with Crippen LogP contribution < -0.4 is 9.47 Å². The molecule has 2 atom stereocenters. The number of fused-ring (bicyclic) bond motifs is 2. The van der Waals surface area contributed by atoms with E-state index in [-0.39, 0.29) is 34.5 Å². The van der Waals surface area contributed by atoms with Gasteiger partial charge >= 0.3 is 6.01 Å². The second-order valence-electron chi connectivity index (χ2n) is 7.65. The zero-order valence-electron chi connectivity index (χ0n) is 16.0. The van der Waals surface area contributed by atoms with Crippen molar-refractivity contribution in [1.82, 2.24) is 19.9 Å². The molecule has 0 bridgehead atoms. The van der Waals surface area contributed by atoms with E-state index in [0.717, 1.165) is 32.6 Å². The van der Waals surface area contributed by atoms with Crippen LogP contribution in [0.5, 0.6) is 11.9 Å². The summed E-state index contributed by atoms with van der Waals surface area (Å²) < 4.78 is 31.7. The molecule has 2 aliphatic heterocycles. The number of hydrogen-bond acceptors (Lipinski definition) is 7. The van der Waals surface area contributed by atoms with Gasteiger partial charge in [0.1, 0.15) is 12.1 Å². The Morgan fingerprint density at radius 1 is 1.32 bits per heavy atom. The van der Waals surface area contributed by atoms with Gasteiger partial charge in [0, 0.05) is 24.8 Å². The monoisotopic (exact) mass is 410 g/mol. The van der Waals surface area contributed by atoms with Gasteiger partial charge in [-0.05, 0) is 18.8 Å². The van der Waals surface area contributed by atoms with Crippen molar-refractivity contribution in [3.63, 3.8) is 0 Å². The van der Waals surface area contributed by atoms with Crippen molar-refractivity contribution in [3.8, 4) is 11.9 Å². The molecule has 0 aromatic carbocycles. The maximum absolute atomic E-state index is 14.5. The number of hydrogen-bond donors (Lipinski definition) is 0. The predicted molar refractivity (Wildman–Crippen MR) is 102 cm³/mol. The second-order valence-corrected chi connectivity index (χ2v) is 8.01. The van der Waals surface area contributed by atoms with Crippen LogP contribution in [-0.4, -0.2) is 64.9 Å². The summed E-state index contributed by atoms with van der Waals surface area (Å²) in [5.74, 6) is -0.154. The molecular formula is C19H24ClFN4O3. The Morgan fingerprint density at radius 2 is 2.18 bits per heavy atom. The van der Waals surface area contributed by atoms with Gasteiger partial charge in [-0.25, -0.2) is 9.37 Å². The van der Waals surface area contributed by atoms with Crippen molar-refractivity contribution in [2.24, 2.45) is 5.92 Å². The molecule has 0 amide bonds. The molecule has 9 heteroatoms. The Morgan fingerprint density at radius 3 is 3.00 bits per heavy atom. The van der Waals surface area contributed by atoms with Crippen molar-refractivity contribution < 1.29 is 18.6 Å². The summed E-state index contributed by atoms with van der Waals surface area (Å²) in [6, 6.07) is 0.815. The van der Waals surface area contributed by atoms with Gasteiger partial charge in [-0.3, -0.25) is 4.90 Å². The van der Waals surface area contributed by atoms with Crippen LogP contribution in [0.2, 0.25) is 5.15 Å². The molecule has 4 heterocycles. The Hall–Kier alpha value is -1.77. The fourth-order valence-corrected chi connectivity index (χ4v) is 3.84. The lowest BCUT2D eigenvalue weighted by molar-refractivity contribution is -0.0101. The lowest BCUT2D eigenvalue weighted by Gasteiger charge is -2.33. The summed E-state index contributed by atoms with van der Waals surface area (Å²) in [6.07, 6.45) is 3.54. The molecule has 2 fully saturated rings. The summed E-state index contributed by atoms with van der Waals surface area (Å²) >= 11 is 5.83. The zero-order valence-corrected chi connectivity index (χ0v) is 16.8. The fraction of sp³-hybridized carbons (Fsp3) is 0.632. The lowest BCUT2D eigenvalue weighted by Crippen LogP contribution is -2.46. The van der Waals surface area contributed by atoms with E-state index >= 15 is 0 Å². The summed E-state index contributed by atoms with van der Waals surface area (Å²) in [6.45, 7) is 7.33. The van der Waals surface area contributed by atoms with E-state index in [1.165, 1.54) is 6.20 Å². The largest absolute Gasteiger partial charge is 0.477 e. The molecule has 152 valence electrons. The third kappa shape index (κ3) is 3.99. The Bertz CT molecular complexity index is 854. The normalized spacial score (nSPS) is 22.6. The molecule has 1 unspecified atom stereocenters. The van der Waals surface area contributed by atoms with E-state index in [4.69, 9.17) is 25.8 Å². The van der Waals surface area contributed by atoms with Gasteiger partial charge in [-0.15, -0.1) is 0 Å². The topological polar surface area (TPSA) is 69.6 Å². The molecule has 2 saturated heterocycles. The predicted octanol–water partition coefficient (Wildman–Crippen LogP) is 3.09. The molecular weight excluding hydrogens is 387 g/mol. The van der Waals surface area contributed by atoms with Crippen LogP contribution in [0.3, 0.4) is 0 Å². The highest BCUT2D eigenvalue weighted by Gasteiger charge is 2.36. The minimum atomic E-state index is -0.699. The Balaban J connectivity index is 1.56. The van der Waals surface area contributed by atoms with Crippen LogP contribution >= 0.6 is 11.6 Å². The van der Waals surface area contributed by atoms with Crippen molar-refractivity contribution >= 4 is 22.5 Å². The minimum Gasteiger partial charge on any atom is -0.477 e. The summed E-state index contributed by atoms with van der Waals surface area (Å²) in [5, 5.41) is 0.142. The standard InChI is InChI=1S/C19H24ClFN4O3/c1-11(2)8-27-18-14-7-22-17(20)15(21)16(14)23-19(24-18)28-10-13-4-3-12-9-26-6-5-25(12)13/h7,11-13H,3-6,8-10H2,1-2H3/t12?,13-/m1/s1. The van der Waals surface area contributed by atoms with Crippen molar-refractivity contribution in [3.05, 3.63) is 17.2 Å². The van der Waals surface area contributed by atoms with E-state index in [9.17, 15) is 4.39 Å². The number of ether oxygens (including phenoxy) is 3. The first-order valence-electron chi connectivity index (χ1n) is 9.63. The highest BCUT2D eigenvalue weighted by atomic mass is 35.5. The molecule has 7 nitrogen and oxygen atoms in total. The van der Waals surface area contributed by atoms with Crippen LogP contribution in [0, 0.1) is 11.7 Å². The van der Waals surface area contributed by atoms with Gasteiger partial charge in [0.15, 0.2) is 11.0 Å². The number of nitrogens with zero attached hydrogens (tertiary/aromatic N) is 4. The molecule has 0 spiro atoms. The van der Waals surface area contributed by atoms with Crippen LogP contribution in [0.4, 0.5) is 4.39 Å². The number of rotatable bonds is 6. The molecule has 0 radical (unpaired) electrons. The number of halogens is 2. The molecule has 0 aliphatic carbocycles. The summed E-state index contributed by atoms with van der Waals surface area (Å²) in [7, 11) is 0. The van der Waals surface area contributed by atoms with Crippen LogP contribution in [0.1, 0.15) is 26.7 Å². The summed E-state index contributed by atoms with van der Waals surface area (Å²) in [4.78, 5) is 14.9. The molecule has 2 aromatic rings. The zero-order chi connectivity index (χ0) is 19.7. The highest BCUT2D eigenvalue weighted by Crippen LogP contribution is 2.30. The quantitative estimate of drug-likeness (QED) is 0.677. The van der Waals surface area contributed by atoms with Gasteiger partial charge in [0.05, 0.1) is 25.2 Å². The SMILES string of the molecule is CC(C)COc1nc(OC[C@H]2CCC3COCCN32)nc2c(F)c(Cl)ncc12. The minimum absolute atomic E-state index is 0.0550. The first kappa shape index (κ1) is 19.5. The van der Waals surface area contributed by atoms with E-state index in [1.54, 1.807) is 0 Å². The van der Waals surface area contributed by atoms with E-state index in [1.807, 2.05) is 13.8 Å². The highest BCUT2D eigenvalue weighted by molar-refractivity contribution is 6.30. The van der Waals surface area contributed by atoms with Crippen LogP contribution in [0.15, 0.2) is 6.20 Å². The third-order valence-corrected chi connectivity index (χ3v) is 5.38. The van der Waals surface area contributed by atoms with Gasteiger partial charge in [-0.2, -0.15) is 9.97 Å². The molecule has 2 aromatic heterocycles. The molecule has 2 aliphatic rings. The first-order chi connectivity index (χ1) is 13.5. The van der Waals surface area contributed by atoms with Gasteiger partial charge in [0.25, 0.3) is 0 Å². The molecule has 4 rings (SSSR count). The van der Waals surface area contributed by atoms with Crippen LogP contribution in [0.25, 0.3) is 10.9 Å². The lowest BCUT2D eigenvalue weighted by atomic mass is 10.2. The third-order valence-electron chi connectivity index (χ3n) is 5.12. The second kappa shape index (κ2) is 8.31. The molecule has 28 heavy (non-hydrogen) atoms. The van der Waals surface area contributed by atoms with Crippen molar-refractivity contribution in [1.29, 1.82) is 0 Å². The van der Waals surface area contributed by atoms with Gasteiger partial charge < -0.3 is 14.2 Å². The average molecular weight is 411 g/mol. The number of morpholine rings is 1. The first-order valence-corrected chi connectivity index (χ1v) is 10.0. The number of aromatic nitrogens is 3. The maximum atomic E-state index is 14.5. The smallest absolute Gasteiger partial charge is 0.320 e. The van der Waals surface area contributed by atoms with E-state index < -0.39 is 5.82 Å². The molecule has 0 N–H and O–H groups in total. The maximum Gasteiger partial charge on any atom is 0.320 e. The van der Waals surface area contributed by atoms with Crippen molar-refractivity contribution in [2.75, 3.05) is 33.0 Å². The average Bonchev–Trinajstić information content (AvgIpc) is 3.10. The Kier molecular flexibility index (Phi) is 5.80. The summed E-state index contributed by atoms with van der Waals surface area (Å²) in [5.41, 5.74) is 0.0550. The van der Waals surface area contributed by atoms with Crippen molar-refractivity contribution in [2.45, 2.75) is 38.8 Å². The van der Waals surface area contributed by atoms with Gasteiger partial charge in [0.2, 0.25) is 5.88 Å². The number of pyridine rings is 1. The van der Waals surface area contributed by atoms with E-state index in [2.05, 4.69) is 19.9 Å². The van der Waals surface area contributed by atoms with Crippen LogP contribution in [-0.2, 0) is 4.74 Å². The van der Waals surface area contributed by atoms with E-state index in [0.29, 0.717) is 24.6 Å². The Labute approximate surface area is 168 Å². The molecule has 0 saturated carbocycles. The van der Waals surface area contributed by atoms with Gasteiger partial charge in [-0.1, -0.05) is 25.4 Å².